The summed E-state index contributed by atoms with van der Waals surface area (Å²) >= 11 is 0. The molecule has 24 heavy (non-hydrogen) atoms. The lowest BCUT2D eigenvalue weighted by atomic mass is 9.79. The molecule has 1 aromatic rings. The Bertz CT molecular complexity index is 697. The Morgan fingerprint density at radius 3 is 2.42 bits per heavy atom. The van der Waals surface area contributed by atoms with Crippen LogP contribution in [0, 0.1) is 5.82 Å². The first kappa shape index (κ1) is 17.4. The molecule has 1 saturated carbocycles. The quantitative estimate of drug-likeness (QED) is 0.877. The number of carbonyl (C=O) groups excluding carboxylic acids is 1. The molecule has 1 aliphatic carbocycles. The smallest absolute Gasteiger partial charge is 0.235 e. The van der Waals surface area contributed by atoms with Gasteiger partial charge in [-0.1, -0.05) is 25.0 Å². The van der Waals surface area contributed by atoms with E-state index in [-0.39, 0.29) is 29.4 Å². The summed E-state index contributed by atoms with van der Waals surface area (Å²) in [5, 5.41) is 2.90. The highest BCUT2D eigenvalue weighted by molar-refractivity contribution is 7.89. The van der Waals surface area contributed by atoms with Crippen molar-refractivity contribution < 1.29 is 17.6 Å². The van der Waals surface area contributed by atoms with Crippen molar-refractivity contribution in [3.63, 3.8) is 0 Å². The topological polar surface area (TPSA) is 66.5 Å². The van der Waals surface area contributed by atoms with E-state index in [0.29, 0.717) is 19.5 Å². The molecule has 5 nitrogen and oxygen atoms in total. The number of rotatable bonds is 5. The number of sulfonamides is 1. The first-order valence-electron chi connectivity index (χ1n) is 8.42. The molecule has 0 aromatic heterocycles. The van der Waals surface area contributed by atoms with Crippen LogP contribution in [0.1, 0.15) is 37.7 Å². The molecule has 3 rings (SSSR count). The van der Waals surface area contributed by atoms with Crippen LogP contribution in [0.15, 0.2) is 24.3 Å². The number of hydrogen-bond donors (Lipinski definition) is 1. The zero-order chi connectivity index (χ0) is 17.2. The predicted octanol–water partition coefficient (Wildman–Crippen LogP) is 1.79. The monoisotopic (exact) mass is 354 g/mol. The minimum absolute atomic E-state index is 0.109. The van der Waals surface area contributed by atoms with Crippen LogP contribution in [0.5, 0.6) is 0 Å². The largest absolute Gasteiger partial charge is 0.354 e. The maximum absolute atomic E-state index is 13.2. The van der Waals surface area contributed by atoms with Gasteiger partial charge in [0.25, 0.3) is 0 Å². The van der Waals surface area contributed by atoms with Crippen LogP contribution in [-0.2, 0) is 20.2 Å². The van der Waals surface area contributed by atoms with Crippen LogP contribution in [0.25, 0.3) is 0 Å². The molecule has 0 radical (unpaired) electrons. The molecule has 1 heterocycles. The van der Waals surface area contributed by atoms with Crippen molar-refractivity contribution >= 4 is 15.9 Å². The third-order valence-corrected chi connectivity index (χ3v) is 7.07. The summed E-state index contributed by atoms with van der Waals surface area (Å²) in [5.74, 6) is -0.413. The number of nitrogens with zero attached hydrogens (tertiary/aromatic N) is 1. The number of halogens is 1. The average Bonchev–Trinajstić information content (AvgIpc) is 3.14. The second-order valence-electron chi connectivity index (χ2n) is 6.77. The second-order valence-corrected chi connectivity index (χ2v) is 8.86. The summed E-state index contributed by atoms with van der Waals surface area (Å²) < 4.78 is 38.0. The lowest BCUT2D eigenvalue weighted by Crippen LogP contribution is -2.43. The van der Waals surface area contributed by atoms with Gasteiger partial charge in [-0.05, 0) is 37.0 Å². The molecule has 1 amide bonds. The predicted molar refractivity (Wildman–Crippen MR) is 89.5 cm³/mol. The highest BCUT2D eigenvalue weighted by atomic mass is 32.2. The summed E-state index contributed by atoms with van der Waals surface area (Å²) in [4.78, 5) is 12.2. The summed E-state index contributed by atoms with van der Waals surface area (Å²) in [6.45, 7) is 0.770. The maximum Gasteiger partial charge on any atom is 0.235 e. The van der Waals surface area contributed by atoms with Gasteiger partial charge in [-0.3, -0.25) is 4.79 Å². The molecule has 1 saturated heterocycles. The van der Waals surface area contributed by atoms with Crippen molar-refractivity contribution in [1.82, 2.24) is 9.62 Å². The Hall–Kier alpha value is -1.47. The van der Waals surface area contributed by atoms with Gasteiger partial charge >= 0.3 is 0 Å². The van der Waals surface area contributed by atoms with Gasteiger partial charge in [-0.15, -0.1) is 0 Å². The Morgan fingerprint density at radius 1 is 1.17 bits per heavy atom. The van der Waals surface area contributed by atoms with Crippen molar-refractivity contribution in [3.8, 4) is 0 Å². The fourth-order valence-corrected chi connectivity index (χ4v) is 5.25. The van der Waals surface area contributed by atoms with Crippen LogP contribution < -0.4 is 5.32 Å². The molecule has 1 aromatic carbocycles. The van der Waals surface area contributed by atoms with Gasteiger partial charge in [0.15, 0.2) is 0 Å². The van der Waals surface area contributed by atoms with E-state index in [4.69, 9.17) is 0 Å². The van der Waals surface area contributed by atoms with E-state index in [1.807, 2.05) is 0 Å². The molecule has 0 bridgehead atoms. The summed E-state index contributed by atoms with van der Waals surface area (Å²) in [7, 11) is -3.26. The first-order valence-corrected chi connectivity index (χ1v) is 10.0. The van der Waals surface area contributed by atoms with Crippen LogP contribution in [-0.4, -0.2) is 44.0 Å². The Kier molecular flexibility index (Phi) is 4.92. The minimum Gasteiger partial charge on any atom is -0.354 e. The van der Waals surface area contributed by atoms with Gasteiger partial charge in [0, 0.05) is 18.5 Å². The summed E-state index contributed by atoms with van der Waals surface area (Å²) in [6, 6.07) is 6.48. The number of benzene rings is 1. The van der Waals surface area contributed by atoms with E-state index in [1.54, 1.807) is 12.1 Å². The molecule has 0 unspecified atom stereocenters. The van der Waals surface area contributed by atoms with Gasteiger partial charge in [0.2, 0.25) is 15.9 Å². The van der Waals surface area contributed by atoms with E-state index >= 15 is 0 Å². The Morgan fingerprint density at radius 2 is 1.83 bits per heavy atom. The minimum atomic E-state index is -3.26. The molecule has 1 N–H and O–H groups in total. The fourth-order valence-electron chi connectivity index (χ4n) is 3.78. The molecular formula is C17H23FN2O3S. The number of carbonyl (C=O) groups is 1. The van der Waals surface area contributed by atoms with Crippen LogP contribution >= 0.6 is 0 Å². The highest BCUT2D eigenvalue weighted by Gasteiger charge is 2.36. The lowest BCUT2D eigenvalue weighted by molar-refractivity contribution is -0.121. The van der Waals surface area contributed by atoms with Crippen LogP contribution in [0.3, 0.4) is 0 Å². The molecule has 0 atom stereocenters. The first-order chi connectivity index (χ1) is 11.4. The van der Waals surface area contributed by atoms with E-state index in [2.05, 4.69) is 5.32 Å². The van der Waals surface area contributed by atoms with Crippen molar-refractivity contribution in [2.75, 3.05) is 25.4 Å². The molecule has 0 spiro atoms. The highest BCUT2D eigenvalue weighted by Crippen LogP contribution is 2.40. The van der Waals surface area contributed by atoms with Crippen molar-refractivity contribution in [2.24, 2.45) is 0 Å². The zero-order valence-corrected chi connectivity index (χ0v) is 14.4. The Balaban J connectivity index is 1.64. The average molecular weight is 354 g/mol. The van der Waals surface area contributed by atoms with Crippen LogP contribution in [0.4, 0.5) is 4.39 Å². The molecule has 2 fully saturated rings. The second kappa shape index (κ2) is 6.80. The number of hydrogen-bond acceptors (Lipinski definition) is 3. The zero-order valence-electron chi connectivity index (χ0n) is 13.6. The molecule has 2 aliphatic rings. The van der Waals surface area contributed by atoms with E-state index in [0.717, 1.165) is 31.2 Å². The Labute approximate surface area is 142 Å². The third kappa shape index (κ3) is 3.62. The number of nitrogens with one attached hydrogen (secondary N) is 1. The van der Waals surface area contributed by atoms with Gasteiger partial charge in [-0.25, -0.2) is 12.8 Å². The van der Waals surface area contributed by atoms with Crippen molar-refractivity contribution in [2.45, 2.75) is 37.5 Å². The van der Waals surface area contributed by atoms with Crippen molar-refractivity contribution in [3.05, 3.63) is 35.6 Å². The van der Waals surface area contributed by atoms with E-state index < -0.39 is 10.0 Å². The standard InChI is InChI=1S/C17H23FN2O3S/c18-15-6-4-14(5-7-15)17(8-1-2-9-17)13-19-16(21)12-20-10-3-11-24(20,22)23/h4-7H,1-3,8-13H2,(H,19,21). The molecule has 1 aliphatic heterocycles. The van der Waals surface area contributed by atoms with Gasteiger partial charge in [0.1, 0.15) is 5.82 Å². The fraction of sp³-hybridized carbons (Fsp3) is 0.588. The normalized spacial score (nSPS) is 22.5. The molecule has 132 valence electrons. The lowest BCUT2D eigenvalue weighted by Gasteiger charge is -2.30. The number of amides is 1. The van der Waals surface area contributed by atoms with E-state index in [9.17, 15) is 17.6 Å². The summed E-state index contributed by atoms with van der Waals surface area (Å²) in [5.41, 5.74) is 0.864. The maximum atomic E-state index is 13.2. The van der Waals surface area contributed by atoms with Crippen LogP contribution in [0.2, 0.25) is 0 Å². The molecular weight excluding hydrogens is 331 g/mol. The van der Waals surface area contributed by atoms with Gasteiger partial charge < -0.3 is 5.32 Å². The SMILES string of the molecule is O=C(CN1CCCS1(=O)=O)NCC1(c2ccc(F)cc2)CCCC1. The van der Waals surface area contributed by atoms with Gasteiger partial charge in [-0.2, -0.15) is 4.31 Å². The van der Waals surface area contributed by atoms with E-state index in [1.165, 1.54) is 16.4 Å². The molecule has 7 heteroatoms. The van der Waals surface area contributed by atoms with Gasteiger partial charge in [0.05, 0.1) is 12.3 Å². The third-order valence-electron chi connectivity index (χ3n) is 5.16. The van der Waals surface area contributed by atoms with Crippen molar-refractivity contribution in [1.29, 1.82) is 0 Å². The summed E-state index contributed by atoms with van der Waals surface area (Å²) in [6.07, 6.45) is 4.62.